The van der Waals surface area contributed by atoms with Crippen molar-refractivity contribution in [1.82, 2.24) is 15.6 Å². The standard InChI is InChI=1S/C6H9N3OS/c1-7-6(11)8-2-5-3-10-4-9-5/h3-4H,2H2,1H3,(H2,7,8,11). The van der Waals surface area contributed by atoms with Crippen molar-refractivity contribution in [2.45, 2.75) is 6.54 Å². The molecular formula is C6H9N3OS. The summed E-state index contributed by atoms with van der Waals surface area (Å²) >= 11 is 4.85. The Morgan fingerprint density at radius 2 is 2.64 bits per heavy atom. The monoisotopic (exact) mass is 171 g/mol. The number of hydrogen-bond acceptors (Lipinski definition) is 3. The van der Waals surface area contributed by atoms with Gasteiger partial charge < -0.3 is 15.1 Å². The molecule has 0 aliphatic heterocycles. The molecule has 1 rings (SSSR count). The molecule has 60 valence electrons. The van der Waals surface area contributed by atoms with Crippen LogP contribution in [0.15, 0.2) is 17.1 Å². The fourth-order valence-electron chi connectivity index (χ4n) is 0.584. The van der Waals surface area contributed by atoms with Crippen LogP contribution in [0.1, 0.15) is 5.69 Å². The van der Waals surface area contributed by atoms with E-state index in [1.165, 1.54) is 6.39 Å². The van der Waals surface area contributed by atoms with Crippen molar-refractivity contribution in [3.63, 3.8) is 0 Å². The van der Waals surface area contributed by atoms with Gasteiger partial charge in [0.15, 0.2) is 11.5 Å². The summed E-state index contributed by atoms with van der Waals surface area (Å²) in [6.07, 6.45) is 2.96. The average molecular weight is 171 g/mol. The van der Waals surface area contributed by atoms with E-state index in [1.807, 2.05) is 0 Å². The fourth-order valence-corrected chi connectivity index (χ4v) is 0.656. The molecule has 0 radical (unpaired) electrons. The number of nitrogens with one attached hydrogen (secondary N) is 2. The van der Waals surface area contributed by atoms with E-state index in [0.717, 1.165) is 5.69 Å². The lowest BCUT2D eigenvalue weighted by Gasteiger charge is -2.02. The van der Waals surface area contributed by atoms with Crippen LogP contribution in [0.2, 0.25) is 0 Å². The lowest BCUT2D eigenvalue weighted by Crippen LogP contribution is -2.31. The Hall–Kier alpha value is -1.10. The average Bonchev–Trinajstić information content (AvgIpc) is 2.52. The first-order valence-electron chi connectivity index (χ1n) is 3.15. The minimum atomic E-state index is 0.593. The molecule has 0 aliphatic carbocycles. The molecule has 0 unspecified atom stereocenters. The third kappa shape index (κ3) is 2.55. The number of rotatable bonds is 2. The molecule has 1 heterocycles. The third-order valence-electron chi connectivity index (χ3n) is 1.14. The molecule has 0 aromatic carbocycles. The van der Waals surface area contributed by atoms with Crippen LogP contribution in [0, 0.1) is 0 Å². The highest BCUT2D eigenvalue weighted by Gasteiger charge is 1.95. The Morgan fingerprint density at radius 1 is 1.82 bits per heavy atom. The van der Waals surface area contributed by atoms with Crippen molar-refractivity contribution < 1.29 is 4.42 Å². The topological polar surface area (TPSA) is 50.1 Å². The summed E-state index contributed by atoms with van der Waals surface area (Å²) in [5, 5.41) is 6.33. The Morgan fingerprint density at radius 3 is 3.18 bits per heavy atom. The highest BCUT2D eigenvalue weighted by Crippen LogP contribution is 1.91. The van der Waals surface area contributed by atoms with Crippen LogP contribution in [0.5, 0.6) is 0 Å². The Bertz CT molecular complexity index is 222. The van der Waals surface area contributed by atoms with Gasteiger partial charge in [0.1, 0.15) is 6.26 Å². The van der Waals surface area contributed by atoms with E-state index >= 15 is 0 Å². The van der Waals surface area contributed by atoms with Crippen LogP contribution < -0.4 is 10.6 Å². The van der Waals surface area contributed by atoms with Gasteiger partial charge in [-0.1, -0.05) is 0 Å². The van der Waals surface area contributed by atoms with Gasteiger partial charge in [0.05, 0.1) is 12.2 Å². The lowest BCUT2D eigenvalue weighted by molar-refractivity contribution is 0.556. The summed E-state index contributed by atoms with van der Waals surface area (Å²) in [5.74, 6) is 0. The third-order valence-corrected chi connectivity index (χ3v) is 1.49. The maximum absolute atomic E-state index is 4.85. The summed E-state index contributed by atoms with van der Waals surface area (Å²) in [6.45, 7) is 0.593. The molecule has 0 amide bonds. The maximum Gasteiger partial charge on any atom is 0.180 e. The molecule has 11 heavy (non-hydrogen) atoms. The molecule has 4 nitrogen and oxygen atoms in total. The highest BCUT2D eigenvalue weighted by molar-refractivity contribution is 7.80. The zero-order chi connectivity index (χ0) is 8.10. The van der Waals surface area contributed by atoms with E-state index in [4.69, 9.17) is 16.6 Å². The molecule has 0 spiro atoms. The van der Waals surface area contributed by atoms with Gasteiger partial charge in [0.25, 0.3) is 0 Å². The number of aromatic nitrogens is 1. The van der Waals surface area contributed by atoms with Crippen molar-refractivity contribution in [2.24, 2.45) is 0 Å². The largest absolute Gasteiger partial charge is 0.451 e. The van der Waals surface area contributed by atoms with Crippen molar-refractivity contribution >= 4 is 17.3 Å². The first kappa shape index (κ1) is 8.00. The smallest absolute Gasteiger partial charge is 0.180 e. The zero-order valence-corrected chi connectivity index (χ0v) is 6.94. The molecule has 0 atom stereocenters. The van der Waals surface area contributed by atoms with E-state index in [9.17, 15) is 0 Å². The van der Waals surface area contributed by atoms with Gasteiger partial charge in [-0.05, 0) is 12.2 Å². The molecule has 0 saturated heterocycles. The van der Waals surface area contributed by atoms with Gasteiger partial charge in [0.2, 0.25) is 0 Å². The normalized spacial score (nSPS) is 9.18. The Labute approximate surface area is 70.0 Å². The van der Waals surface area contributed by atoms with Gasteiger partial charge in [-0.15, -0.1) is 0 Å². The van der Waals surface area contributed by atoms with E-state index in [0.29, 0.717) is 11.7 Å². The summed E-state index contributed by atoms with van der Waals surface area (Å²) in [6, 6.07) is 0. The number of hydrogen-bond donors (Lipinski definition) is 2. The fraction of sp³-hybridized carbons (Fsp3) is 0.333. The summed E-state index contributed by atoms with van der Waals surface area (Å²) in [5.41, 5.74) is 0.836. The molecule has 5 heteroatoms. The van der Waals surface area contributed by atoms with Gasteiger partial charge in [-0.25, -0.2) is 4.98 Å². The number of thiocarbonyl (C=S) groups is 1. The molecule has 0 bridgehead atoms. The summed E-state index contributed by atoms with van der Waals surface area (Å²) < 4.78 is 4.77. The van der Waals surface area contributed by atoms with Crippen molar-refractivity contribution in [3.8, 4) is 0 Å². The Kier molecular flexibility index (Phi) is 2.85. The maximum atomic E-state index is 4.85. The van der Waals surface area contributed by atoms with E-state index in [1.54, 1.807) is 13.3 Å². The molecule has 0 fully saturated rings. The van der Waals surface area contributed by atoms with Gasteiger partial charge in [-0.2, -0.15) is 0 Å². The predicted octanol–water partition coefficient (Wildman–Crippen LogP) is 0.268. The molecule has 1 aromatic rings. The zero-order valence-electron chi connectivity index (χ0n) is 6.13. The van der Waals surface area contributed by atoms with Crippen LogP contribution in [-0.2, 0) is 6.54 Å². The second-order valence-corrected chi connectivity index (χ2v) is 2.32. The summed E-state index contributed by atoms with van der Waals surface area (Å²) in [7, 11) is 1.76. The SMILES string of the molecule is CNC(=S)NCc1cocn1. The minimum Gasteiger partial charge on any atom is -0.451 e. The second kappa shape index (κ2) is 3.92. The van der Waals surface area contributed by atoms with Crippen LogP contribution >= 0.6 is 12.2 Å². The minimum absolute atomic E-state index is 0.593. The number of oxazole rings is 1. The quantitative estimate of drug-likeness (QED) is 0.625. The second-order valence-electron chi connectivity index (χ2n) is 1.91. The number of nitrogens with zero attached hydrogens (tertiary/aromatic N) is 1. The van der Waals surface area contributed by atoms with E-state index < -0.39 is 0 Å². The molecule has 0 saturated carbocycles. The first-order valence-corrected chi connectivity index (χ1v) is 3.56. The van der Waals surface area contributed by atoms with Crippen LogP contribution in [0.3, 0.4) is 0 Å². The van der Waals surface area contributed by atoms with Crippen molar-refractivity contribution in [2.75, 3.05) is 7.05 Å². The molecule has 0 aliphatic rings. The van der Waals surface area contributed by atoms with E-state index in [-0.39, 0.29) is 0 Å². The van der Waals surface area contributed by atoms with Gasteiger partial charge in [0, 0.05) is 7.05 Å². The first-order chi connectivity index (χ1) is 5.33. The van der Waals surface area contributed by atoms with Crippen molar-refractivity contribution in [1.29, 1.82) is 0 Å². The molecular weight excluding hydrogens is 162 g/mol. The molecule has 1 aromatic heterocycles. The summed E-state index contributed by atoms with van der Waals surface area (Å²) in [4.78, 5) is 3.91. The van der Waals surface area contributed by atoms with E-state index in [2.05, 4.69) is 15.6 Å². The van der Waals surface area contributed by atoms with Gasteiger partial charge >= 0.3 is 0 Å². The highest BCUT2D eigenvalue weighted by atomic mass is 32.1. The van der Waals surface area contributed by atoms with Crippen LogP contribution in [0.25, 0.3) is 0 Å². The lowest BCUT2D eigenvalue weighted by atomic mass is 10.5. The predicted molar refractivity (Wildman–Crippen MR) is 45.0 cm³/mol. The Balaban J connectivity index is 2.29. The molecule has 2 N–H and O–H groups in total. The van der Waals surface area contributed by atoms with Crippen molar-refractivity contribution in [3.05, 3.63) is 18.4 Å². The van der Waals surface area contributed by atoms with Gasteiger partial charge in [-0.3, -0.25) is 0 Å². The van der Waals surface area contributed by atoms with Crippen LogP contribution in [0.4, 0.5) is 0 Å². The van der Waals surface area contributed by atoms with Crippen LogP contribution in [-0.4, -0.2) is 17.1 Å².